The number of nitrogens with two attached hydrogens (primary N) is 1. The summed E-state index contributed by atoms with van der Waals surface area (Å²) in [6, 6.07) is 1.24. The lowest BCUT2D eigenvalue weighted by molar-refractivity contribution is 0.324. The number of nitrogens with one attached hydrogen (secondary N) is 1. The van der Waals surface area contributed by atoms with Gasteiger partial charge in [0.05, 0.1) is 0 Å². The van der Waals surface area contributed by atoms with Gasteiger partial charge >= 0.3 is 0 Å². The molecule has 0 saturated heterocycles. The van der Waals surface area contributed by atoms with Crippen LogP contribution in [0.25, 0.3) is 0 Å². The zero-order valence-corrected chi connectivity index (χ0v) is 9.98. The quantitative estimate of drug-likeness (QED) is 0.727. The second kappa shape index (κ2) is 5.83. The summed E-state index contributed by atoms with van der Waals surface area (Å²) < 4.78 is 11.0. The van der Waals surface area contributed by atoms with Gasteiger partial charge < -0.3 is 11.1 Å². The van der Waals surface area contributed by atoms with E-state index in [2.05, 4.69) is 12.2 Å². The average molecular weight is 218 g/mol. The van der Waals surface area contributed by atoms with Crippen LogP contribution in [0.4, 0.5) is 0 Å². The molecule has 0 heterocycles. The summed E-state index contributed by atoms with van der Waals surface area (Å²) in [7, 11) is -0.702. The van der Waals surface area contributed by atoms with E-state index in [0.29, 0.717) is 18.1 Å². The van der Waals surface area contributed by atoms with Crippen LogP contribution in [0.1, 0.15) is 32.6 Å². The van der Waals surface area contributed by atoms with E-state index < -0.39 is 10.8 Å². The van der Waals surface area contributed by atoms with Gasteiger partial charge in [0.15, 0.2) is 0 Å². The predicted octanol–water partition coefficient (Wildman–Crippen LogP) is 0.613. The lowest BCUT2D eigenvalue weighted by Crippen LogP contribution is -2.44. The summed E-state index contributed by atoms with van der Waals surface area (Å²) in [5.74, 6) is 0.742. The van der Waals surface area contributed by atoms with Crippen molar-refractivity contribution in [2.24, 2.45) is 5.73 Å². The fourth-order valence-corrected chi connectivity index (χ4v) is 2.98. The molecule has 1 saturated carbocycles. The van der Waals surface area contributed by atoms with Crippen molar-refractivity contribution in [2.45, 2.75) is 50.7 Å². The molecule has 1 fully saturated rings. The van der Waals surface area contributed by atoms with Gasteiger partial charge in [0.25, 0.3) is 0 Å². The highest BCUT2D eigenvalue weighted by Gasteiger charge is 2.20. The summed E-state index contributed by atoms with van der Waals surface area (Å²) in [4.78, 5) is 0. The van der Waals surface area contributed by atoms with E-state index in [1.807, 2.05) is 0 Å². The van der Waals surface area contributed by atoms with Gasteiger partial charge in [-0.25, -0.2) is 0 Å². The minimum atomic E-state index is -0.702. The molecule has 14 heavy (non-hydrogen) atoms. The first-order valence-electron chi connectivity index (χ1n) is 5.39. The first kappa shape index (κ1) is 12.1. The Morgan fingerprint density at radius 2 is 2.29 bits per heavy atom. The Morgan fingerprint density at radius 1 is 1.57 bits per heavy atom. The van der Waals surface area contributed by atoms with Gasteiger partial charge in [-0.2, -0.15) is 0 Å². The van der Waals surface area contributed by atoms with E-state index in [4.69, 9.17) is 5.73 Å². The summed E-state index contributed by atoms with van der Waals surface area (Å²) >= 11 is 0. The predicted molar refractivity (Wildman–Crippen MR) is 61.8 cm³/mol. The summed E-state index contributed by atoms with van der Waals surface area (Å²) in [6.07, 6.45) is 6.42. The normalized spacial score (nSPS) is 32.5. The second-order valence-electron chi connectivity index (χ2n) is 4.43. The van der Waals surface area contributed by atoms with Crippen LogP contribution < -0.4 is 11.1 Å². The maximum absolute atomic E-state index is 11.0. The molecular formula is C10H22N2OS. The largest absolute Gasteiger partial charge is 0.328 e. The fraction of sp³-hybridized carbons (Fsp3) is 1.00. The van der Waals surface area contributed by atoms with E-state index in [9.17, 15) is 4.21 Å². The molecule has 4 atom stereocenters. The van der Waals surface area contributed by atoms with Crippen molar-refractivity contribution in [3.8, 4) is 0 Å². The van der Waals surface area contributed by atoms with Crippen LogP contribution in [0, 0.1) is 0 Å². The lowest BCUT2D eigenvalue weighted by Gasteiger charge is -2.29. The van der Waals surface area contributed by atoms with Crippen LogP contribution in [0.5, 0.6) is 0 Å². The first-order valence-corrected chi connectivity index (χ1v) is 7.12. The Bertz CT molecular complexity index is 199. The van der Waals surface area contributed by atoms with E-state index in [1.54, 1.807) is 6.26 Å². The molecule has 4 unspecified atom stereocenters. The average Bonchev–Trinajstić information content (AvgIpc) is 2.01. The van der Waals surface area contributed by atoms with Gasteiger partial charge in [-0.15, -0.1) is 0 Å². The van der Waals surface area contributed by atoms with Gasteiger partial charge in [0.1, 0.15) is 0 Å². The molecule has 0 aliphatic heterocycles. The van der Waals surface area contributed by atoms with Crippen molar-refractivity contribution in [1.82, 2.24) is 5.32 Å². The highest BCUT2D eigenvalue weighted by Crippen LogP contribution is 2.17. The highest BCUT2D eigenvalue weighted by atomic mass is 32.2. The molecule has 0 bridgehead atoms. The zero-order valence-electron chi connectivity index (χ0n) is 9.16. The highest BCUT2D eigenvalue weighted by molar-refractivity contribution is 7.84. The van der Waals surface area contributed by atoms with Gasteiger partial charge in [-0.3, -0.25) is 4.21 Å². The summed E-state index contributed by atoms with van der Waals surface area (Å²) in [5.41, 5.74) is 5.90. The Labute approximate surface area is 89.3 Å². The Balaban J connectivity index is 2.25. The third kappa shape index (κ3) is 4.53. The molecule has 0 aromatic rings. The first-order chi connectivity index (χ1) is 6.58. The second-order valence-corrected chi connectivity index (χ2v) is 5.91. The molecule has 1 aliphatic rings. The van der Waals surface area contributed by atoms with E-state index in [-0.39, 0.29) is 0 Å². The number of rotatable bonds is 4. The smallest absolute Gasteiger partial charge is 0.0383 e. The Hall–Kier alpha value is 0.0700. The fourth-order valence-electron chi connectivity index (χ4n) is 2.18. The molecule has 0 aromatic heterocycles. The van der Waals surface area contributed by atoms with E-state index in [1.165, 1.54) is 12.8 Å². The topological polar surface area (TPSA) is 55.1 Å². The Kier molecular flexibility index (Phi) is 5.06. The third-order valence-electron chi connectivity index (χ3n) is 2.72. The van der Waals surface area contributed by atoms with Gasteiger partial charge in [0.2, 0.25) is 0 Å². The van der Waals surface area contributed by atoms with Crippen molar-refractivity contribution in [1.29, 1.82) is 0 Å². The maximum atomic E-state index is 11.0. The van der Waals surface area contributed by atoms with Crippen LogP contribution >= 0.6 is 0 Å². The van der Waals surface area contributed by atoms with Gasteiger partial charge in [-0.1, -0.05) is 6.42 Å². The molecule has 0 aromatic carbocycles. The Morgan fingerprint density at radius 3 is 2.86 bits per heavy atom. The molecule has 1 aliphatic carbocycles. The summed E-state index contributed by atoms with van der Waals surface area (Å²) in [6.45, 7) is 2.10. The minimum absolute atomic E-state index is 0.344. The summed E-state index contributed by atoms with van der Waals surface area (Å²) in [5, 5.41) is 3.51. The zero-order chi connectivity index (χ0) is 10.6. The maximum Gasteiger partial charge on any atom is 0.0383 e. The van der Waals surface area contributed by atoms with Crippen LogP contribution in [-0.2, 0) is 10.8 Å². The molecule has 3 nitrogen and oxygen atoms in total. The molecule has 84 valence electrons. The lowest BCUT2D eigenvalue weighted by atomic mass is 9.91. The number of hydrogen-bond acceptors (Lipinski definition) is 3. The molecule has 1 rings (SSSR count). The molecule has 4 heteroatoms. The van der Waals surface area contributed by atoms with Crippen molar-refractivity contribution in [2.75, 3.05) is 12.0 Å². The van der Waals surface area contributed by atoms with Crippen molar-refractivity contribution < 1.29 is 4.21 Å². The molecule has 0 radical (unpaired) electrons. The SMILES string of the molecule is CC(CS(C)=O)NC1CCCC(N)C1. The van der Waals surface area contributed by atoms with Crippen LogP contribution in [0.3, 0.4) is 0 Å². The van der Waals surface area contributed by atoms with Crippen LogP contribution in [-0.4, -0.2) is 34.3 Å². The van der Waals surface area contributed by atoms with Crippen LogP contribution in [0.2, 0.25) is 0 Å². The molecule has 0 amide bonds. The number of hydrogen-bond donors (Lipinski definition) is 2. The van der Waals surface area contributed by atoms with E-state index >= 15 is 0 Å². The molecule has 0 spiro atoms. The molecule has 3 N–H and O–H groups in total. The van der Waals surface area contributed by atoms with Crippen molar-refractivity contribution in [3.05, 3.63) is 0 Å². The van der Waals surface area contributed by atoms with Gasteiger partial charge in [0, 0.05) is 40.9 Å². The molecular weight excluding hydrogens is 196 g/mol. The minimum Gasteiger partial charge on any atom is -0.328 e. The van der Waals surface area contributed by atoms with Crippen molar-refractivity contribution in [3.63, 3.8) is 0 Å². The monoisotopic (exact) mass is 218 g/mol. The van der Waals surface area contributed by atoms with Crippen LogP contribution in [0.15, 0.2) is 0 Å². The van der Waals surface area contributed by atoms with Gasteiger partial charge in [-0.05, 0) is 26.2 Å². The van der Waals surface area contributed by atoms with E-state index in [0.717, 1.165) is 18.6 Å². The van der Waals surface area contributed by atoms with Crippen molar-refractivity contribution >= 4 is 10.8 Å². The third-order valence-corrected chi connectivity index (χ3v) is 3.69. The standard InChI is InChI=1S/C10H22N2OS/c1-8(7-14(2)13)12-10-5-3-4-9(11)6-10/h8-10,12H,3-7,11H2,1-2H3.